The van der Waals surface area contributed by atoms with Gasteiger partial charge in [-0.05, 0) is 42.7 Å². The van der Waals surface area contributed by atoms with Crippen LogP contribution in [0, 0.1) is 23.6 Å². The highest BCUT2D eigenvalue weighted by molar-refractivity contribution is 5.83. The summed E-state index contributed by atoms with van der Waals surface area (Å²) in [7, 11) is 0. The van der Waals surface area contributed by atoms with Crippen LogP contribution in [-0.4, -0.2) is 33.7 Å². The van der Waals surface area contributed by atoms with Gasteiger partial charge in [-0.3, -0.25) is 4.98 Å². The van der Waals surface area contributed by atoms with Gasteiger partial charge in [-0.15, -0.1) is 0 Å². The van der Waals surface area contributed by atoms with Gasteiger partial charge in [-0.25, -0.2) is 18.0 Å². The lowest BCUT2D eigenvalue weighted by Crippen LogP contribution is -2.57. The van der Waals surface area contributed by atoms with Gasteiger partial charge in [0.2, 0.25) is 0 Å². The molecule has 1 aromatic heterocycles. The van der Waals surface area contributed by atoms with Gasteiger partial charge in [0.1, 0.15) is 11.9 Å². The summed E-state index contributed by atoms with van der Waals surface area (Å²) in [4.78, 5) is 16.4. The maximum absolute atomic E-state index is 14.6. The van der Waals surface area contributed by atoms with Crippen LogP contribution in [0.2, 0.25) is 0 Å². The van der Waals surface area contributed by atoms with Gasteiger partial charge in [0, 0.05) is 23.6 Å². The van der Waals surface area contributed by atoms with Gasteiger partial charge in [-0.1, -0.05) is 31.2 Å². The number of halogens is 3. The Bertz CT molecular complexity index is 991. The standard InChI is InChI=1S/C23H22F3NO3/c1-13-19(20-14(2)30-21(28)22(20,29)12-23(13,25)26)9-8-18-7-6-16(11-27-18)15-4-3-5-17(24)10-15/h3-11,13-14,19-20,29H,12H2,1-2H3/b9-8+/t13-,14+,19-,20?,22-/m0/s1. The molecule has 4 rings (SSSR count). The van der Waals surface area contributed by atoms with Crippen molar-refractivity contribution in [3.63, 3.8) is 0 Å². The van der Waals surface area contributed by atoms with Gasteiger partial charge >= 0.3 is 5.97 Å². The van der Waals surface area contributed by atoms with E-state index in [1.54, 1.807) is 49.5 Å². The molecular formula is C23H22F3NO3. The smallest absolute Gasteiger partial charge is 0.339 e. The number of carbonyl (C=O) groups excluding carboxylic acids is 1. The predicted molar refractivity (Wildman–Crippen MR) is 105 cm³/mol. The molecule has 2 aliphatic rings. The Balaban J connectivity index is 1.61. The van der Waals surface area contributed by atoms with Crippen LogP contribution in [-0.2, 0) is 9.53 Å². The van der Waals surface area contributed by atoms with Crippen molar-refractivity contribution < 1.29 is 27.8 Å². The number of ether oxygens (including phenoxy) is 1. The number of hydrogen-bond acceptors (Lipinski definition) is 4. The fourth-order valence-corrected chi connectivity index (χ4v) is 4.64. The first kappa shape index (κ1) is 20.6. The largest absolute Gasteiger partial charge is 0.460 e. The van der Waals surface area contributed by atoms with Crippen molar-refractivity contribution in [3.05, 3.63) is 60.2 Å². The van der Waals surface area contributed by atoms with Gasteiger partial charge in [0.15, 0.2) is 5.60 Å². The molecule has 1 aromatic carbocycles. The summed E-state index contributed by atoms with van der Waals surface area (Å²) in [6, 6.07) is 9.60. The highest BCUT2D eigenvalue weighted by Gasteiger charge is 2.67. The molecule has 5 atom stereocenters. The molecule has 30 heavy (non-hydrogen) atoms. The summed E-state index contributed by atoms with van der Waals surface area (Å²) >= 11 is 0. The average molecular weight is 417 g/mol. The number of nitrogens with zero attached hydrogens (tertiary/aromatic N) is 1. The molecule has 1 aliphatic carbocycles. The summed E-state index contributed by atoms with van der Waals surface area (Å²) in [6.45, 7) is 3.04. The van der Waals surface area contributed by atoms with Crippen LogP contribution in [0.15, 0.2) is 48.7 Å². The molecule has 0 bridgehead atoms. The molecule has 1 N–H and O–H groups in total. The number of pyridine rings is 1. The molecule has 1 saturated carbocycles. The first-order chi connectivity index (χ1) is 14.1. The minimum absolute atomic E-state index is 0.348. The zero-order chi connectivity index (χ0) is 21.7. The molecule has 4 nitrogen and oxygen atoms in total. The number of fused-ring (bicyclic) bond motifs is 1. The van der Waals surface area contributed by atoms with E-state index in [0.717, 1.165) is 5.56 Å². The number of alkyl halides is 2. The van der Waals surface area contributed by atoms with Crippen molar-refractivity contribution in [2.45, 2.75) is 37.9 Å². The number of esters is 1. The molecule has 0 amide bonds. The van der Waals surface area contributed by atoms with Crippen LogP contribution in [0.4, 0.5) is 13.2 Å². The van der Waals surface area contributed by atoms with E-state index in [2.05, 4.69) is 4.98 Å². The molecule has 2 aromatic rings. The topological polar surface area (TPSA) is 59.4 Å². The summed E-state index contributed by atoms with van der Waals surface area (Å²) < 4.78 is 47.7. The third-order valence-corrected chi connectivity index (χ3v) is 6.30. The Morgan fingerprint density at radius 2 is 1.97 bits per heavy atom. The number of allylic oxidation sites excluding steroid dienone is 1. The summed E-state index contributed by atoms with van der Waals surface area (Å²) in [5.41, 5.74) is -0.266. The van der Waals surface area contributed by atoms with E-state index < -0.39 is 47.8 Å². The van der Waals surface area contributed by atoms with Crippen LogP contribution in [0.5, 0.6) is 0 Å². The van der Waals surface area contributed by atoms with Crippen LogP contribution in [0.25, 0.3) is 17.2 Å². The van der Waals surface area contributed by atoms with Gasteiger partial charge in [0.25, 0.3) is 5.92 Å². The molecule has 2 heterocycles. The first-order valence-corrected chi connectivity index (χ1v) is 9.83. The van der Waals surface area contributed by atoms with Crippen molar-refractivity contribution in [3.8, 4) is 11.1 Å². The third-order valence-electron chi connectivity index (χ3n) is 6.30. The van der Waals surface area contributed by atoms with Crippen molar-refractivity contribution in [2.75, 3.05) is 0 Å². The maximum Gasteiger partial charge on any atom is 0.339 e. The molecule has 158 valence electrons. The SMILES string of the molecule is C[C@H]1OC(=O)[C@]2(O)CC(F)(F)[C@@H](C)[C@H](/C=C/c3ccc(-c4cccc(F)c4)cn3)C12. The summed E-state index contributed by atoms with van der Waals surface area (Å²) in [6.07, 6.45) is 3.16. The molecular weight excluding hydrogens is 395 g/mol. The van der Waals surface area contributed by atoms with Gasteiger partial charge in [-0.2, -0.15) is 0 Å². The van der Waals surface area contributed by atoms with Crippen molar-refractivity contribution in [1.82, 2.24) is 4.98 Å². The zero-order valence-corrected chi connectivity index (χ0v) is 16.6. The minimum Gasteiger partial charge on any atom is -0.460 e. The molecule has 7 heteroatoms. The van der Waals surface area contributed by atoms with E-state index in [9.17, 15) is 23.1 Å². The van der Waals surface area contributed by atoms with Gasteiger partial charge in [0.05, 0.1) is 12.1 Å². The van der Waals surface area contributed by atoms with Gasteiger partial charge < -0.3 is 9.84 Å². The predicted octanol–water partition coefficient (Wildman–Crippen LogP) is 4.48. The second kappa shape index (κ2) is 7.23. The molecule has 1 saturated heterocycles. The number of aromatic nitrogens is 1. The Morgan fingerprint density at radius 1 is 1.20 bits per heavy atom. The lowest BCUT2D eigenvalue weighted by atomic mass is 9.62. The third kappa shape index (κ3) is 3.41. The number of carbonyl (C=O) groups is 1. The number of benzene rings is 1. The number of hydrogen-bond donors (Lipinski definition) is 1. The molecule has 0 radical (unpaired) electrons. The quantitative estimate of drug-likeness (QED) is 0.748. The lowest BCUT2D eigenvalue weighted by molar-refractivity contribution is -0.193. The maximum atomic E-state index is 14.6. The minimum atomic E-state index is -3.21. The van der Waals surface area contributed by atoms with E-state index in [1.807, 2.05) is 0 Å². The Hall–Kier alpha value is -2.67. The first-order valence-electron chi connectivity index (χ1n) is 9.83. The van der Waals surface area contributed by atoms with E-state index in [4.69, 9.17) is 4.74 Å². The van der Waals surface area contributed by atoms with E-state index in [1.165, 1.54) is 19.1 Å². The van der Waals surface area contributed by atoms with E-state index in [-0.39, 0.29) is 5.82 Å². The highest BCUT2D eigenvalue weighted by Crippen LogP contribution is 2.54. The van der Waals surface area contributed by atoms with Crippen molar-refractivity contribution >= 4 is 12.0 Å². The Labute approximate surface area is 172 Å². The highest BCUT2D eigenvalue weighted by atomic mass is 19.3. The number of rotatable bonds is 3. The molecule has 1 aliphatic heterocycles. The monoisotopic (exact) mass is 417 g/mol. The molecule has 0 spiro atoms. The fourth-order valence-electron chi connectivity index (χ4n) is 4.64. The summed E-state index contributed by atoms with van der Waals surface area (Å²) in [5, 5.41) is 10.7. The number of cyclic esters (lactones) is 1. The molecule has 2 fully saturated rings. The van der Waals surface area contributed by atoms with Crippen molar-refractivity contribution in [2.24, 2.45) is 17.8 Å². The second-order valence-corrected chi connectivity index (χ2v) is 8.21. The van der Waals surface area contributed by atoms with E-state index in [0.29, 0.717) is 11.3 Å². The van der Waals surface area contributed by atoms with Crippen molar-refractivity contribution in [1.29, 1.82) is 0 Å². The van der Waals surface area contributed by atoms with E-state index >= 15 is 0 Å². The van der Waals surface area contributed by atoms with Crippen LogP contribution < -0.4 is 0 Å². The summed E-state index contributed by atoms with van der Waals surface area (Å²) in [5.74, 6) is -7.16. The molecule has 1 unspecified atom stereocenters. The van der Waals surface area contributed by atoms with Crippen LogP contribution in [0.3, 0.4) is 0 Å². The normalized spacial score (nSPS) is 32.8. The second-order valence-electron chi connectivity index (χ2n) is 8.21. The van der Waals surface area contributed by atoms with Crippen LogP contribution >= 0.6 is 0 Å². The number of aliphatic hydroxyl groups is 1. The Morgan fingerprint density at radius 3 is 2.63 bits per heavy atom. The average Bonchev–Trinajstić information content (AvgIpc) is 2.90. The Kier molecular flexibility index (Phi) is 4.97. The lowest BCUT2D eigenvalue weighted by Gasteiger charge is -2.45. The fraction of sp³-hybridized carbons (Fsp3) is 0.391. The van der Waals surface area contributed by atoms with Crippen LogP contribution in [0.1, 0.15) is 26.0 Å². The zero-order valence-electron chi connectivity index (χ0n) is 16.6.